The molecule has 4 heterocycles. The fourth-order valence-electron chi connectivity index (χ4n) is 11.6. The molecule has 336 valence electrons. The first-order valence-electron chi connectivity index (χ1n) is 24.7. The van der Waals surface area contributed by atoms with Crippen LogP contribution < -0.4 is 0 Å². The first-order chi connectivity index (χ1) is 35.7. The van der Waals surface area contributed by atoms with Gasteiger partial charge in [0, 0.05) is 65.9 Å². The highest BCUT2D eigenvalue weighted by molar-refractivity contribution is 6.15. The van der Waals surface area contributed by atoms with Crippen LogP contribution in [0.2, 0.25) is 0 Å². The fourth-order valence-corrected chi connectivity index (χ4v) is 11.6. The maximum absolute atomic E-state index is 6.77. The lowest BCUT2D eigenvalue weighted by Gasteiger charge is -2.10. The number of benzene rings is 11. The highest BCUT2D eigenvalue weighted by atomic mass is 16.3. The summed E-state index contributed by atoms with van der Waals surface area (Å²) in [6.45, 7) is 0. The van der Waals surface area contributed by atoms with Crippen molar-refractivity contribution in [1.29, 1.82) is 0 Å². The molecule has 72 heavy (non-hydrogen) atoms. The van der Waals surface area contributed by atoms with E-state index in [0.29, 0.717) is 0 Å². The van der Waals surface area contributed by atoms with Crippen LogP contribution in [0.3, 0.4) is 0 Å². The molecule has 0 unspecified atom stereocenters. The molecule has 0 bridgehead atoms. The van der Waals surface area contributed by atoms with Crippen molar-refractivity contribution in [2.45, 2.75) is 0 Å². The summed E-state index contributed by atoms with van der Waals surface area (Å²) in [6.07, 6.45) is 0. The Hall–Kier alpha value is -9.64. The van der Waals surface area contributed by atoms with Crippen LogP contribution in [0.4, 0.5) is 0 Å². The summed E-state index contributed by atoms with van der Waals surface area (Å²) in [5.41, 5.74) is 19.3. The Balaban J connectivity index is 0.950. The molecule has 0 saturated heterocycles. The second-order valence-electron chi connectivity index (χ2n) is 18.9. The van der Waals surface area contributed by atoms with Gasteiger partial charge in [-0.3, -0.25) is 0 Å². The third-order valence-corrected chi connectivity index (χ3v) is 14.8. The zero-order chi connectivity index (χ0) is 47.3. The molecule has 0 radical (unpaired) electrons. The van der Waals surface area contributed by atoms with E-state index in [1.165, 1.54) is 76.6 Å². The zero-order valence-corrected chi connectivity index (χ0v) is 39.1. The van der Waals surface area contributed by atoms with Crippen molar-refractivity contribution in [2.24, 2.45) is 0 Å². The Labute approximate surface area is 415 Å². The summed E-state index contributed by atoms with van der Waals surface area (Å²) in [4.78, 5) is 0. The SMILES string of the molecule is c1ccc(-c2oc3ccc(-n4c5ccc(-c6ccc7c(c6)c6ccccc6n7-c6ccccc6)cc5c5cc(-c6ccc7c(c6)c6ccccc6n7-c6ccccc6)ccc54)cc3c2-c2ccccc2)cc1. The Morgan fingerprint density at radius 2 is 0.583 bits per heavy atom. The molecule has 4 aromatic heterocycles. The minimum absolute atomic E-state index is 0.856. The lowest BCUT2D eigenvalue weighted by atomic mass is 9.98. The Morgan fingerprint density at radius 1 is 0.222 bits per heavy atom. The highest BCUT2D eigenvalue weighted by Gasteiger charge is 2.22. The third kappa shape index (κ3) is 6.19. The quantitative estimate of drug-likeness (QED) is 0.157. The van der Waals surface area contributed by atoms with Crippen molar-refractivity contribution in [1.82, 2.24) is 13.7 Å². The van der Waals surface area contributed by atoms with Crippen molar-refractivity contribution >= 4 is 76.4 Å². The lowest BCUT2D eigenvalue weighted by molar-refractivity contribution is 0.632. The normalized spacial score (nSPS) is 11.9. The van der Waals surface area contributed by atoms with Gasteiger partial charge in [-0.15, -0.1) is 0 Å². The summed E-state index contributed by atoms with van der Waals surface area (Å²) >= 11 is 0. The Morgan fingerprint density at radius 3 is 1.04 bits per heavy atom. The third-order valence-electron chi connectivity index (χ3n) is 14.8. The molecule has 0 aliphatic carbocycles. The van der Waals surface area contributed by atoms with Gasteiger partial charge in [0.25, 0.3) is 0 Å². The highest BCUT2D eigenvalue weighted by Crippen LogP contribution is 2.45. The molecule has 4 heteroatoms. The molecule has 4 nitrogen and oxygen atoms in total. The Bertz CT molecular complexity index is 4380. The van der Waals surface area contributed by atoms with E-state index < -0.39 is 0 Å². The van der Waals surface area contributed by atoms with E-state index in [1.54, 1.807) is 0 Å². The minimum Gasteiger partial charge on any atom is -0.455 e. The van der Waals surface area contributed by atoms with E-state index in [1.807, 2.05) is 0 Å². The van der Waals surface area contributed by atoms with Crippen LogP contribution >= 0.6 is 0 Å². The molecule has 0 aliphatic rings. The van der Waals surface area contributed by atoms with Gasteiger partial charge in [-0.05, 0) is 131 Å². The van der Waals surface area contributed by atoms with Gasteiger partial charge in [0.05, 0.1) is 33.1 Å². The summed E-state index contributed by atoms with van der Waals surface area (Å²) in [6, 6.07) is 94.6. The standard InChI is InChI=1S/C68H43N3O/c1-5-17-44(18-6-1)67-59-43-52(33-38-66(59)72-68(67)45-19-7-2-8-20-45)71-64-36-31-48(46-29-34-62-55(39-46)53-25-13-15-27-60(53)69(62)50-21-9-3-10-22-50)41-57(64)58-42-49(32-37-65(58)71)47-30-35-63-56(40-47)54-26-14-16-28-61(54)70(63)51-23-11-4-12-24-51/h1-43H. The van der Waals surface area contributed by atoms with Crippen molar-refractivity contribution < 1.29 is 4.42 Å². The largest absolute Gasteiger partial charge is 0.455 e. The van der Waals surface area contributed by atoms with Gasteiger partial charge < -0.3 is 18.1 Å². The summed E-state index contributed by atoms with van der Waals surface area (Å²) in [5.74, 6) is 0.873. The lowest BCUT2D eigenvalue weighted by Crippen LogP contribution is -1.94. The molecular weight excluding hydrogens is 875 g/mol. The second kappa shape index (κ2) is 16.0. The van der Waals surface area contributed by atoms with Gasteiger partial charge in [-0.1, -0.05) is 158 Å². The van der Waals surface area contributed by atoms with Gasteiger partial charge in [0.15, 0.2) is 0 Å². The topological polar surface area (TPSA) is 27.9 Å². The van der Waals surface area contributed by atoms with Gasteiger partial charge in [0.1, 0.15) is 11.3 Å². The van der Waals surface area contributed by atoms with Crippen LogP contribution in [0.15, 0.2) is 265 Å². The maximum atomic E-state index is 6.77. The second-order valence-corrected chi connectivity index (χ2v) is 18.9. The van der Waals surface area contributed by atoms with Crippen LogP contribution in [0.5, 0.6) is 0 Å². The molecule has 15 aromatic rings. The Kier molecular flexibility index (Phi) is 8.92. The van der Waals surface area contributed by atoms with E-state index in [0.717, 1.165) is 61.5 Å². The van der Waals surface area contributed by atoms with Crippen LogP contribution in [0, 0.1) is 0 Å². The number of aromatic nitrogens is 3. The van der Waals surface area contributed by atoms with E-state index in [-0.39, 0.29) is 0 Å². The molecule has 0 fully saturated rings. The van der Waals surface area contributed by atoms with E-state index >= 15 is 0 Å². The smallest absolute Gasteiger partial charge is 0.143 e. The minimum atomic E-state index is 0.856. The molecule has 0 atom stereocenters. The number of nitrogens with zero attached hydrogens (tertiary/aromatic N) is 3. The van der Waals surface area contributed by atoms with Crippen LogP contribution in [-0.2, 0) is 0 Å². The summed E-state index contributed by atoms with van der Waals surface area (Å²) in [7, 11) is 0. The van der Waals surface area contributed by atoms with Gasteiger partial charge >= 0.3 is 0 Å². The predicted molar refractivity (Wildman–Crippen MR) is 301 cm³/mol. The molecule has 11 aromatic carbocycles. The van der Waals surface area contributed by atoms with Crippen molar-refractivity contribution in [3.05, 3.63) is 261 Å². The zero-order valence-electron chi connectivity index (χ0n) is 39.1. The molecule has 0 spiro atoms. The number of rotatable bonds is 7. The molecule has 0 amide bonds. The summed E-state index contributed by atoms with van der Waals surface area (Å²) in [5, 5.41) is 8.41. The average molecular weight is 918 g/mol. The number of hydrogen-bond acceptors (Lipinski definition) is 1. The van der Waals surface area contributed by atoms with Gasteiger partial charge in [0.2, 0.25) is 0 Å². The van der Waals surface area contributed by atoms with Crippen LogP contribution in [0.25, 0.3) is 138 Å². The van der Waals surface area contributed by atoms with Crippen molar-refractivity contribution in [2.75, 3.05) is 0 Å². The fraction of sp³-hybridized carbons (Fsp3) is 0. The monoisotopic (exact) mass is 917 g/mol. The predicted octanol–water partition coefficient (Wildman–Crippen LogP) is 18.4. The first kappa shape index (κ1) is 40.3. The van der Waals surface area contributed by atoms with Gasteiger partial charge in [-0.25, -0.2) is 0 Å². The number of para-hydroxylation sites is 4. The van der Waals surface area contributed by atoms with Gasteiger partial charge in [-0.2, -0.15) is 0 Å². The molecule has 0 N–H and O–H groups in total. The van der Waals surface area contributed by atoms with Crippen molar-refractivity contribution in [3.63, 3.8) is 0 Å². The van der Waals surface area contributed by atoms with E-state index in [2.05, 4.69) is 275 Å². The maximum Gasteiger partial charge on any atom is 0.143 e. The summed E-state index contributed by atoms with van der Waals surface area (Å²) < 4.78 is 14.0. The molecule has 0 saturated carbocycles. The average Bonchev–Trinajstić information content (AvgIpc) is 4.19. The number of furan rings is 1. The molecule has 15 rings (SSSR count). The molecule has 0 aliphatic heterocycles. The van der Waals surface area contributed by atoms with Crippen LogP contribution in [-0.4, -0.2) is 13.7 Å². The van der Waals surface area contributed by atoms with Crippen molar-refractivity contribution in [3.8, 4) is 61.8 Å². The van der Waals surface area contributed by atoms with E-state index in [4.69, 9.17) is 4.42 Å². The molecular formula is C68H43N3O. The van der Waals surface area contributed by atoms with E-state index in [9.17, 15) is 0 Å². The number of hydrogen-bond donors (Lipinski definition) is 0. The number of fused-ring (bicyclic) bond motifs is 10. The first-order valence-corrected chi connectivity index (χ1v) is 24.7. The van der Waals surface area contributed by atoms with Crippen LogP contribution in [0.1, 0.15) is 0 Å².